The van der Waals surface area contributed by atoms with Crippen molar-refractivity contribution in [3.63, 3.8) is 0 Å². The molecular weight excluding hydrogens is 735 g/mol. The zero-order valence-corrected chi connectivity index (χ0v) is 34.3. The summed E-state index contributed by atoms with van der Waals surface area (Å²) in [5, 5.41) is 0. The van der Waals surface area contributed by atoms with Crippen LogP contribution in [0, 0.1) is 0 Å². The molecule has 0 heterocycles. The van der Waals surface area contributed by atoms with Crippen LogP contribution in [0.1, 0.15) is 43.2 Å². The van der Waals surface area contributed by atoms with Crippen LogP contribution in [0.5, 0.6) is 0 Å². The van der Waals surface area contributed by atoms with Crippen LogP contribution in [0.4, 0.5) is 17.1 Å². The largest absolute Gasteiger partial charge is 0.309 e. The predicted molar refractivity (Wildman–Crippen MR) is 258 cm³/mol. The first-order valence-electron chi connectivity index (χ1n) is 21.9. The Labute approximate surface area is 360 Å². The first-order chi connectivity index (χ1) is 30.3. The van der Waals surface area contributed by atoms with Crippen LogP contribution in [0.25, 0.3) is 66.8 Å². The third-order valence-corrected chi connectivity index (χ3v) is 13.3. The van der Waals surface area contributed by atoms with E-state index < -0.39 is 0 Å². The molecule has 1 fully saturated rings. The molecule has 9 aromatic carbocycles. The van der Waals surface area contributed by atoms with Gasteiger partial charge in [-0.05, 0) is 104 Å². The maximum Gasteiger partial charge on any atom is 0.0540 e. The molecule has 1 spiro atoms. The minimum Gasteiger partial charge on any atom is -0.309 e. The molecule has 0 amide bonds. The fourth-order valence-corrected chi connectivity index (χ4v) is 10.5. The number of fused-ring (bicyclic) bond motifs is 5. The molecule has 1 nitrogen and oxygen atoms in total. The van der Waals surface area contributed by atoms with Gasteiger partial charge in [0.25, 0.3) is 0 Å². The molecule has 0 unspecified atom stereocenters. The molecule has 9 aromatic rings. The summed E-state index contributed by atoms with van der Waals surface area (Å²) in [4.78, 5) is 2.55. The van der Waals surface area contributed by atoms with Crippen molar-refractivity contribution in [3.8, 4) is 66.8 Å². The van der Waals surface area contributed by atoms with Crippen LogP contribution in [-0.4, -0.2) is 0 Å². The van der Waals surface area contributed by atoms with E-state index in [1.165, 1.54) is 116 Å². The van der Waals surface area contributed by atoms with Crippen molar-refractivity contribution in [2.24, 2.45) is 0 Å². The molecule has 0 aromatic heterocycles. The van der Waals surface area contributed by atoms with E-state index in [-0.39, 0.29) is 5.41 Å². The molecule has 1 heteroatoms. The van der Waals surface area contributed by atoms with Gasteiger partial charge in [-0.15, -0.1) is 0 Å². The minimum atomic E-state index is 0.0336. The monoisotopic (exact) mass is 781 g/mol. The number of rotatable bonds is 8. The second kappa shape index (κ2) is 15.8. The summed E-state index contributed by atoms with van der Waals surface area (Å²) in [5.74, 6) is 0. The Kier molecular flexibility index (Phi) is 9.51. The van der Waals surface area contributed by atoms with E-state index in [4.69, 9.17) is 0 Å². The summed E-state index contributed by atoms with van der Waals surface area (Å²) in [7, 11) is 0. The molecule has 0 bridgehead atoms. The van der Waals surface area contributed by atoms with Crippen LogP contribution >= 0.6 is 0 Å². The van der Waals surface area contributed by atoms with Gasteiger partial charge in [-0.25, -0.2) is 0 Å². The lowest BCUT2D eigenvalue weighted by Gasteiger charge is -2.37. The molecule has 11 rings (SSSR count). The van der Waals surface area contributed by atoms with Crippen LogP contribution in [0.2, 0.25) is 0 Å². The van der Waals surface area contributed by atoms with E-state index in [1.54, 1.807) is 0 Å². The summed E-state index contributed by atoms with van der Waals surface area (Å²) in [5.41, 5.74) is 21.4. The lowest BCUT2D eigenvalue weighted by atomic mass is 9.68. The molecule has 61 heavy (non-hydrogen) atoms. The van der Waals surface area contributed by atoms with Crippen LogP contribution in [0.3, 0.4) is 0 Å². The molecule has 2 aliphatic carbocycles. The highest BCUT2D eigenvalue weighted by Crippen LogP contribution is 2.57. The first kappa shape index (κ1) is 36.8. The van der Waals surface area contributed by atoms with Crippen molar-refractivity contribution >= 4 is 17.1 Å². The molecule has 1 saturated carbocycles. The molecule has 292 valence electrons. The molecule has 0 saturated heterocycles. The molecule has 0 radical (unpaired) electrons. The van der Waals surface area contributed by atoms with Gasteiger partial charge in [0, 0.05) is 22.2 Å². The van der Waals surface area contributed by atoms with E-state index in [9.17, 15) is 0 Å². The van der Waals surface area contributed by atoms with Crippen LogP contribution in [-0.2, 0) is 5.41 Å². The number of anilines is 3. The maximum atomic E-state index is 2.56. The molecular formula is C60H47N. The third-order valence-electron chi connectivity index (χ3n) is 13.3. The average molecular weight is 782 g/mol. The lowest BCUT2D eigenvalue weighted by molar-refractivity contribution is 0.353. The van der Waals surface area contributed by atoms with Crippen molar-refractivity contribution < 1.29 is 0 Å². The van der Waals surface area contributed by atoms with E-state index in [0.29, 0.717) is 0 Å². The fourth-order valence-electron chi connectivity index (χ4n) is 10.5. The Morgan fingerprint density at radius 2 is 0.705 bits per heavy atom. The molecule has 2 aliphatic rings. The maximum absolute atomic E-state index is 2.56. The van der Waals surface area contributed by atoms with E-state index in [2.05, 4.69) is 229 Å². The number of hydrogen-bond donors (Lipinski definition) is 0. The Hall–Kier alpha value is -7.22. The van der Waals surface area contributed by atoms with Gasteiger partial charge in [-0.3, -0.25) is 0 Å². The lowest BCUT2D eigenvalue weighted by Crippen LogP contribution is -2.28. The van der Waals surface area contributed by atoms with Gasteiger partial charge in [0.2, 0.25) is 0 Å². The highest BCUT2D eigenvalue weighted by atomic mass is 15.1. The first-order valence-corrected chi connectivity index (χ1v) is 21.9. The highest BCUT2D eigenvalue weighted by molar-refractivity contribution is 5.99. The van der Waals surface area contributed by atoms with Gasteiger partial charge in [0.15, 0.2) is 0 Å². The Bertz CT molecular complexity index is 2990. The predicted octanol–water partition coefficient (Wildman–Crippen LogP) is 16.7. The quantitative estimate of drug-likeness (QED) is 0.148. The zero-order chi connectivity index (χ0) is 40.6. The summed E-state index contributed by atoms with van der Waals surface area (Å²) in [6, 6.07) is 82.9. The molecule has 0 atom stereocenters. The van der Waals surface area contributed by atoms with Gasteiger partial charge < -0.3 is 4.90 Å². The van der Waals surface area contributed by atoms with Gasteiger partial charge in [-0.1, -0.05) is 219 Å². The third kappa shape index (κ3) is 6.49. The van der Waals surface area contributed by atoms with Crippen molar-refractivity contribution in [2.45, 2.75) is 37.5 Å². The summed E-state index contributed by atoms with van der Waals surface area (Å²) in [6.07, 6.45) is 6.20. The second-order valence-electron chi connectivity index (χ2n) is 16.7. The van der Waals surface area contributed by atoms with Crippen molar-refractivity contribution in [1.82, 2.24) is 0 Å². The van der Waals surface area contributed by atoms with Crippen LogP contribution < -0.4 is 4.90 Å². The topological polar surface area (TPSA) is 3.24 Å². The number of hydrogen-bond acceptors (Lipinski definition) is 1. The Morgan fingerprint density at radius 1 is 0.279 bits per heavy atom. The van der Waals surface area contributed by atoms with E-state index in [0.717, 1.165) is 11.4 Å². The number of nitrogens with zero attached hydrogens (tertiary/aromatic N) is 1. The van der Waals surface area contributed by atoms with E-state index in [1.807, 2.05) is 0 Å². The zero-order valence-electron chi connectivity index (χ0n) is 34.3. The summed E-state index contributed by atoms with van der Waals surface area (Å²) >= 11 is 0. The standard InChI is InChI=1S/C60H47N/c1-4-20-43(21-5-1)44-34-36-46(37-35-44)49-25-13-16-32-58(49)61(47-38-39-54-53-29-12-15-31-56(53)60(57(54)42-47)40-18-3-19-41-60)59-33-17-14-30-55(59)52-28-11-10-27-51(52)50-26-9-8-24-48(50)45-22-6-2-7-23-45/h1-2,4-17,20-39,42H,3,18-19,40-41H2. The molecule has 0 aliphatic heterocycles. The number of para-hydroxylation sites is 2. The SMILES string of the molecule is c1ccc(-c2ccc(-c3ccccc3N(c3ccc4c(c3)C3(CCCCC3)c3ccccc3-4)c3ccccc3-c3ccccc3-c3ccccc3-c3ccccc3)cc2)cc1. The normalized spacial score (nSPS) is 13.7. The smallest absolute Gasteiger partial charge is 0.0540 e. The van der Waals surface area contributed by atoms with Crippen molar-refractivity contribution in [1.29, 1.82) is 0 Å². The number of benzene rings is 9. The van der Waals surface area contributed by atoms with Crippen molar-refractivity contribution in [3.05, 3.63) is 236 Å². The summed E-state index contributed by atoms with van der Waals surface area (Å²) < 4.78 is 0. The van der Waals surface area contributed by atoms with E-state index >= 15 is 0 Å². The Morgan fingerprint density at radius 3 is 1.38 bits per heavy atom. The van der Waals surface area contributed by atoms with Gasteiger partial charge in [0.05, 0.1) is 11.4 Å². The molecule has 0 N–H and O–H groups in total. The highest BCUT2D eigenvalue weighted by Gasteiger charge is 2.44. The fraction of sp³-hybridized carbons (Fsp3) is 0.100. The van der Waals surface area contributed by atoms with Gasteiger partial charge >= 0.3 is 0 Å². The van der Waals surface area contributed by atoms with Crippen molar-refractivity contribution in [2.75, 3.05) is 4.90 Å². The Balaban J connectivity index is 1.13. The second-order valence-corrected chi connectivity index (χ2v) is 16.7. The van der Waals surface area contributed by atoms with Gasteiger partial charge in [-0.2, -0.15) is 0 Å². The average Bonchev–Trinajstić information content (AvgIpc) is 3.60. The van der Waals surface area contributed by atoms with Gasteiger partial charge in [0.1, 0.15) is 0 Å². The minimum absolute atomic E-state index is 0.0336. The van der Waals surface area contributed by atoms with Crippen LogP contribution in [0.15, 0.2) is 224 Å². The summed E-state index contributed by atoms with van der Waals surface area (Å²) in [6.45, 7) is 0.